The molecule has 2 heterocycles. The van der Waals surface area contributed by atoms with Crippen molar-refractivity contribution in [3.8, 4) is 0 Å². The topological polar surface area (TPSA) is 81.2 Å². The SMILES string of the molecule is O=C([C@H]1C[C@@H](NC2CCCC2)[C@H](c2cnc(C3CC3)[nH]2)[C@@H]1O)N1CCCC1. The van der Waals surface area contributed by atoms with E-state index in [-0.39, 0.29) is 23.8 Å². The van der Waals surface area contributed by atoms with Gasteiger partial charge in [0.1, 0.15) is 5.82 Å². The van der Waals surface area contributed by atoms with Gasteiger partial charge >= 0.3 is 0 Å². The lowest BCUT2D eigenvalue weighted by Gasteiger charge is -2.25. The number of carbonyl (C=O) groups excluding carboxylic acids is 1. The number of likely N-dealkylation sites (tertiary alicyclic amines) is 1. The number of aliphatic hydroxyl groups excluding tert-OH is 1. The Morgan fingerprint density at radius 3 is 2.59 bits per heavy atom. The van der Waals surface area contributed by atoms with Gasteiger partial charge in [-0.05, 0) is 44.9 Å². The summed E-state index contributed by atoms with van der Waals surface area (Å²) < 4.78 is 0. The van der Waals surface area contributed by atoms with Gasteiger partial charge in [0, 0.05) is 48.9 Å². The second kappa shape index (κ2) is 7.21. The minimum absolute atomic E-state index is 0.0675. The Morgan fingerprint density at radius 1 is 1.15 bits per heavy atom. The van der Waals surface area contributed by atoms with Crippen LogP contribution in [-0.4, -0.2) is 57.2 Å². The minimum Gasteiger partial charge on any atom is -0.392 e. The zero-order valence-corrected chi connectivity index (χ0v) is 16.1. The molecule has 3 aliphatic carbocycles. The van der Waals surface area contributed by atoms with Crippen LogP contribution in [-0.2, 0) is 4.79 Å². The maximum absolute atomic E-state index is 13.1. The summed E-state index contributed by atoms with van der Waals surface area (Å²) in [5, 5.41) is 15.0. The molecule has 0 radical (unpaired) electrons. The minimum atomic E-state index is -0.635. The van der Waals surface area contributed by atoms with Crippen molar-refractivity contribution in [1.82, 2.24) is 20.2 Å². The highest BCUT2D eigenvalue weighted by Gasteiger charge is 2.49. The van der Waals surface area contributed by atoms with E-state index in [1.807, 2.05) is 11.1 Å². The first-order valence-electron chi connectivity index (χ1n) is 11.0. The normalized spacial score (nSPS) is 34.6. The molecule has 1 aliphatic heterocycles. The van der Waals surface area contributed by atoms with E-state index < -0.39 is 6.10 Å². The second-order valence-corrected chi connectivity index (χ2v) is 9.14. The van der Waals surface area contributed by atoms with Gasteiger partial charge in [-0.2, -0.15) is 0 Å². The maximum Gasteiger partial charge on any atom is 0.228 e. The Kier molecular flexibility index (Phi) is 4.72. The van der Waals surface area contributed by atoms with Gasteiger partial charge in [-0.25, -0.2) is 4.98 Å². The van der Waals surface area contributed by atoms with Crippen molar-refractivity contribution in [3.63, 3.8) is 0 Å². The largest absolute Gasteiger partial charge is 0.392 e. The van der Waals surface area contributed by atoms with Crippen molar-refractivity contribution in [2.45, 2.75) is 87.8 Å². The third-order valence-electron chi connectivity index (χ3n) is 7.20. The number of carbonyl (C=O) groups is 1. The summed E-state index contributed by atoms with van der Waals surface area (Å²) in [5.41, 5.74) is 1.01. The number of aromatic nitrogens is 2. The average Bonchev–Trinajstić information content (AvgIpc) is 3.15. The van der Waals surface area contributed by atoms with Crippen LogP contribution in [0.2, 0.25) is 0 Å². The molecule has 4 aliphatic rings. The number of imidazole rings is 1. The summed E-state index contributed by atoms with van der Waals surface area (Å²) in [4.78, 5) is 23.1. The second-order valence-electron chi connectivity index (χ2n) is 9.14. The number of nitrogens with one attached hydrogen (secondary N) is 2. The molecule has 4 fully saturated rings. The Hall–Kier alpha value is -1.40. The molecule has 0 unspecified atom stereocenters. The number of rotatable bonds is 5. The summed E-state index contributed by atoms with van der Waals surface area (Å²) in [5.74, 6) is 1.43. The van der Waals surface area contributed by atoms with Gasteiger partial charge in [0.25, 0.3) is 0 Å². The van der Waals surface area contributed by atoms with Crippen molar-refractivity contribution in [1.29, 1.82) is 0 Å². The number of H-pyrrole nitrogens is 1. The molecule has 3 saturated carbocycles. The van der Waals surface area contributed by atoms with Gasteiger partial charge in [0.2, 0.25) is 5.91 Å². The van der Waals surface area contributed by atoms with Crippen molar-refractivity contribution < 1.29 is 9.90 Å². The first-order valence-corrected chi connectivity index (χ1v) is 11.0. The number of amides is 1. The number of aromatic amines is 1. The van der Waals surface area contributed by atoms with E-state index in [1.165, 1.54) is 38.5 Å². The predicted octanol–water partition coefficient (Wildman–Crippen LogP) is 2.27. The lowest BCUT2D eigenvalue weighted by Crippen LogP contribution is -2.40. The predicted molar refractivity (Wildman–Crippen MR) is 102 cm³/mol. The third kappa shape index (κ3) is 3.42. The van der Waals surface area contributed by atoms with E-state index in [2.05, 4.69) is 15.3 Å². The van der Waals surface area contributed by atoms with Crippen LogP contribution in [0.5, 0.6) is 0 Å². The third-order valence-corrected chi connectivity index (χ3v) is 7.20. The summed E-state index contributed by atoms with van der Waals surface area (Å²) in [7, 11) is 0. The molecule has 1 saturated heterocycles. The molecule has 6 heteroatoms. The number of hydrogen-bond acceptors (Lipinski definition) is 4. The summed E-state index contributed by atoms with van der Waals surface area (Å²) in [6.07, 6.45) is 11.6. The Balaban J connectivity index is 1.38. The van der Waals surface area contributed by atoms with Gasteiger partial charge in [0.05, 0.1) is 12.0 Å². The molecule has 1 aromatic rings. The molecule has 4 atom stereocenters. The van der Waals surface area contributed by atoms with Crippen LogP contribution in [0, 0.1) is 5.92 Å². The van der Waals surface area contributed by atoms with Crippen LogP contribution in [0.1, 0.15) is 81.1 Å². The Morgan fingerprint density at radius 2 is 1.89 bits per heavy atom. The first kappa shape index (κ1) is 17.7. The number of hydrogen-bond donors (Lipinski definition) is 3. The van der Waals surface area contributed by atoms with Gasteiger partial charge in [-0.15, -0.1) is 0 Å². The fourth-order valence-corrected chi connectivity index (χ4v) is 5.52. The fraction of sp³-hybridized carbons (Fsp3) is 0.810. The van der Waals surface area contributed by atoms with Gasteiger partial charge in [0.15, 0.2) is 0 Å². The summed E-state index contributed by atoms with van der Waals surface area (Å²) >= 11 is 0. The Bertz CT molecular complexity index is 673. The summed E-state index contributed by atoms with van der Waals surface area (Å²) in [6, 6.07) is 0.670. The lowest BCUT2D eigenvalue weighted by atomic mass is 9.95. The van der Waals surface area contributed by atoms with E-state index >= 15 is 0 Å². The highest BCUT2D eigenvalue weighted by atomic mass is 16.3. The van der Waals surface area contributed by atoms with E-state index in [9.17, 15) is 9.90 Å². The average molecular weight is 373 g/mol. The zero-order valence-electron chi connectivity index (χ0n) is 16.1. The molecule has 3 N–H and O–H groups in total. The van der Waals surface area contributed by atoms with Crippen LogP contribution >= 0.6 is 0 Å². The molecular weight excluding hydrogens is 340 g/mol. The Labute approximate surface area is 161 Å². The standard InChI is InChI=1S/C21H32N4O2/c26-19-15(21(27)25-9-3-4-10-25)11-16(23-14-5-1-2-6-14)18(19)17-12-22-20(24-17)13-7-8-13/h12-16,18-19,23,26H,1-11H2,(H,22,24)/t15-,16+,18+,19+/m0/s1. The molecule has 6 nitrogen and oxygen atoms in total. The van der Waals surface area contributed by atoms with Crippen molar-refractivity contribution >= 4 is 5.91 Å². The fourth-order valence-electron chi connectivity index (χ4n) is 5.52. The monoisotopic (exact) mass is 372 g/mol. The molecule has 0 spiro atoms. The van der Waals surface area contributed by atoms with Crippen molar-refractivity contribution in [3.05, 3.63) is 17.7 Å². The quantitative estimate of drug-likeness (QED) is 0.741. The number of nitrogens with zero attached hydrogens (tertiary/aromatic N) is 2. The highest BCUT2D eigenvalue weighted by molar-refractivity contribution is 5.80. The van der Waals surface area contributed by atoms with E-state index in [1.54, 1.807) is 0 Å². The van der Waals surface area contributed by atoms with Gasteiger partial charge in [-0.1, -0.05) is 12.8 Å². The van der Waals surface area contributed by atoms with Crippen LogP contribution in [0.15, 0.2) is 6.20 Å². The van der Waals surface area contributed by atoms with E-state index in [0.29, 0.717) is 12.0 Å². The van der Waals surface area contributed by atoms with Gasteiger partial charge < -0.3 is 20.3 Å². The number of aliphatic hydroxyl groups is 1. The molecule has 1 aromatic heterocycles. The zero-order chi connectivity index (χ0) is 18.4. The highest BCUT2D eigenvalue weighted by Crippen LogP contribution is 2.43. The van der Waals surface area contributed by atoms with Crippen LogP contribution < -0.4 is 5.32 Å². The molecule has 148 valence electrons. The smallest absolute Gasteiger partial charge is 0.228 e. The molecular formula is C21H32N4O2. The molecule has 0 aromatic carbocycles. The molecule has 27 heavy (non-hydrogen) atoms. The van der Waals surface area contributed by atoms with E-state index in [0.717, 1.165) is 43.9 Å². The van der Waals surface area contributed by atoms with Crippen LogP contribution in [0.25, 0.3) is 0 Å². The lowest BCUT2D eigenvalue weighted by molar-refractivity contribution is -0.137. The summed E-state index contributed by atoms with van der Waals surface area (Å²) in [6.45, 7) is 1.70. The molecule has 1 amide bonds. The van der Waals surface area contributed by atoms with Crippen molar-refractivity contribution in [2.75, 3.05) is 13.1 Å². The maximum atomic E-state index is 13.1. The van der Waals surface area contributed by atoms with Crippen LogP contribution in [0.3, 0.4) is 0 Å². The van der Waals surface area contributed by atoms with Gasteiger partial charge in [-0.3, -0.25) is 4.79 Å². The first-order chi connectivity index (χ1) is 13.2. The molecule has 0 bridgehead atoms. The van der Waals surface area contributed by atoms with Crippen LogP contribution in [0.4, 0.5) is 0 Å². The van der Waals surface area contributed by atoms with E-state index in [4.69, 9.17) is 0 Å². The molecule has 5 rings (SSSR count). The van der Waals surface area contributed by atoms with Crippen molar-refractivity contribution in [2.24, 2.45) is 5.92 Å².